The van der Waals surface area contributed by atoms with Gasteiger partial charge in [0.15, 0.2) is 0 Å². The lowest BCUT2D eigenvalue weighted by Gasteiger charge is -2.16. The van der Waals surface area contributed by atoms with Crippen molar-refractivity contribution in [2.45, 2.75) is 39.1 Å². The number of hydrogen-bond donors (Lipinski definition) is 0. The number of azo groups is 1. The van der Waals surface area contributed by atoms with Crippen LogP contribution in [0.2, 0.25) is 0 Å². The number of alkyl halides is 3. The standard InChI is InChI=1S/C16H18F3N5O3/c1-15(2,3)27-14(25)21-20-13-12(16(17,18)19)22-24(23-13)9-10-5-7-11(26-4)8-6-10/h5-8H,9H2,1-4H3. The SMILES string of the molecule is COc1ccc(Cn2nc(N=NC(=O)OC(C)(C)C)c(C(F)(F)F)n2)cc1. The highest BCUT2D eigenvalue weighted by Crippen LogP contribution is 2.34. The summed E-state index contributed by atoms with van der Waals surface area (Å²) < 4.78 is 49.3. The maximum absolute atomic E-state index is 13.1. The molecule has 8 nitrogen and oxygen atoms in total. The first kappa shape index (κ1) is 20.3. The fraction of sp³-hybridized carbons (Fsp3) is 0.438. The van der Waals surface area contributed by atoms with Gasteiger partial charge in [-0.1, -0.05) is 17.2 Å². The first-order valence-electron chi connectivity index (χ1n) is 7.78. The van der Waals surface area contributed by atoms with Crippen LogP contribution in [0.25, 0.3) is 0 Å². The number of benzene rings is 1. The monoisotopic (exact) mass is 385 g/mol. The van der Waals surface area contributed by atoms with Crippen LogP contribution in [-0.2, 0) is 17.5 Å². The number of hydrogen-bond acceptors (Lipinski definition) is 6. The summed E-state index contributed by atoms with van der Waals surface area (Å²) in [6.07, 6.45) is -5.93. The second-order valence-electron chi connectivity index (χ2n) is 6.43. The molecule has 2 rings (SSSR count). The minimum Gasteiger partial charge on any atom is -0.497 e. The van der Waals surface area contributed by atoms with Crippen LogP contribution in [0, 0.1) is 0 Å². The molecule has 1 heterocycles. The quantitative estimate of drug-likeness (QED) is 0.729. The maximum atomic E-state index is 13.1. The number of halogens is 3. The molecule has 1 amide bonds. The highest BCUT2D eigenvalue weighted by Gasteiger charge is 2.39. The van der Waals surface area contributed by atoms with Gasteiger partial charge in [0.2, 0.25) is 11.5 Å². The van der Waals surface area contributed by atoms with E-state index in [0.717, 1.165) is 4.80 Å². The molecule has 0 radical (unpaired) electrons. The zero-order valence-electron chi connectivity index (χ0n) is 15.1. The summed E-state index contributed by atoms with van der Waals surface area (Å²) in [4.78, 5) is 12.3. The molecule has 0 unspecified atom stereocenters. The lowest BCUT2D eigenvalue weighted by molar-refractivity contribution is -0.141. The molecule has 146 valence electrons. The van der Waals surface area contributed by atoms with Crippen molar-refractivity contribution in [2.24, 2.45) is 10.2 Å². The van der Waals surface area contributed by atoms with Crippen LogP contribution in [0.1, 0.15) is 32.0 Å². The number of carbonyl (C=O) groups excluding carboxylic acids is 1. The average molecular weight is 385 g/mol. The molecule has 0 saturated carbocycles. The van der Waals surface area contributed by atoms with E-state index in [0.29, 0.717) is 11.3 Å². The van der Waals surface area contributed by atoms with E-state index < -0.39 is 29.4 Å². The van der Waals surface area contributed by atoms with Crippen molar-refractivity contribution in [1.82, 2.24) is 15.0 Å². The summed E-state index contributed by atoms with van der Waals surface area (Å²) in [6.45, 7) is 4.74. The molecule has 11 heteroatoms. The Hall–Kier alpha value is -2.98. The number of amides is 1. The number of carbonyl (C=O) groups is 1. The number of methoxy groups -OCH3 is 1. The van der Waals surface area contributed by atoms with Crippen molar-refractivity contribution in [2.75, 3.05) is 7.11 Å². The Morgan fingerprint density at radius 2 is 1.78 bits per heavy atom. The molecule has 0 saturated heterocycles. The third-order valence-electron chi connectivity index (χ3n) is 3.01. The topological polar surface area (TPSA) is 91.0 Å². The fourth-order valence-electron chi connectivity index (χ4n) is 1.93. The normalized spacial score (nSPS) is 12.4. The van der Waals surface area contributed by atoms with Crippen molar-refractivity contribution in [1.29, 1.82) is 0 Å². The van der Waals surface area contributed by atoms with Gasteiger partial charge in [0, 0.05) is 0 Å². The van der Waals surface area contributed by atoms with Gasteiger partial charge in [-0.3, -0.25) is 0 Å². The second-order valence-corrected chi connectivity index (χ2v) is 6.43. The molecule has 0 N–H and O–H groups in total. The number of ether oxygens (including phenoxy) is 2. The van der Waals surface area contributed by atoms with Gasteiger partial charge in [-0.2, -0.15) is 18.0 Å². The van der Waals surface area contributed by atoms with E-state index >= 15 is 0 Å². The first-order chi connectivity index (χ1) is 12.5. The van der Waals surface area contributed by atoms with Gasteiger partial charge >= 0.3 is 12.3 Å². The van der Waals surface area contributed by atoms with Crippen molar-refractivity contribution < 1.29 is 27.4 Å². The van der Waals surface area contributed by atoms with Crippen LogP contribution in [0.3, 0.4) is 0 Å². The summed E-state index contributed by atoms with van der Waals surface area (Å²) in [5.41, 5.74) is -1.55. The predicted molar refractivity (Wildman–Crippen MR) is 87.9 cm³/mol. The molecule has 27 heavy (non-hydrogen) atoms. The molecule has 2 aromatic rings. The van der Waals surface area contributed by atoms with Crippen LogP contribution < -0.4 is 4.74 Å². The molecule has 0 aliphatic heterocycles. The van der Waals surface area contributed by atoms with Crippen LogP contribution in [-0.4, -0.2) is 33.8 Å². The molecular weight excluding hydrogens is 367 g/mol. The Balaban J connectivity index is 2.24. The number of aromatic nitrogens is 3. The summed E-state index contributed by atoms with van der Waals surface area (Å²) in [5.74, 6) is -0.211. The molecule has 0 aliphatic rings. The molecule has 1 aromatic heterocycles. The summed E-state index contributed by atoms with van der Waals surface area (Å²) in [6, 6.07) is 6.65. The highest BCUT2D eigenvalue weighted by atomic mass is 19.4. The van der Waals surface area contributed by atoms with Crippen LogP contribution in [0.5, 0.6) is 5.75 Å². The number of rotatable bonds is 4. The van der Waals surface area contributed by atoms with E-state index in [1.807, 2.05) is 0 Å². The highest BCUT2D eigenvalue weighted by molar-refractivity contribution is 5.68. The minimum atomic E-state index is -4.81. The molecule has 0 bridgehead atoms. The van der Waals surface area contributed by atoms with Crippen molar-refractivity contribution in [3.05, 3.63) is 35.5 Å². The van der Waals surface area contributed by atoms with Crippen molar-refractivity contribution in [3.63, 3.8) is 0 Å². The smallest absolute Gasteiger partial charge is 0.453 e. The van der Waals surface area contributed by atoms with Gasteiger partial charge in [0.05, 0.1) is 13.7 Å². The Morgan fingerprint density at radius 3 is 2.30 bits per heavy atom. The van der Waals surface area contributed by atoms with Crippen LogP contribution in [0.15, 0.2) is 34.5 Å². The van der Waals surface area contributed by atoms with Gasteiger partial charge in [-0.25, -0.2) is 4.79 Å². The second kappa shape index (κ2) is 7.72. The molecule has 0 aliphatic carbocycles. The van der Waals surface area contributed by atoms with E-state index in [4.69, 9.17) is 9.47 Å². The molecule has 1 aromatic carbocycles. The van der Waals surface area contributed by atoms with E-state index in [2.05, 4.69) is 20.4 Å². The lowest BCUT2D eigenvalue weighted by Crippen LogP contribution is -2.21. The van der Waals surface area contributed by atoms with E-state index in [9.17, 15) is 18.0 Å². The molecule has 0 atom stereocenters. The Bertz CT molecular complexity index is 823. The van der Waals surface area contributed by atoms with Crippen LogP contribution in [0.4, 0.5) is 23.8 Å². The minimum absolute atomic E-state index is 0.0327. The summed E-state index contributed by atoms with van der Waals surface area (Å²) in [7, 11) is 1.50. The third kappa shape index (κ3) is 6.04. The van der Waals surface area contributed by atoms with Crippen molar-refractivity contribution in [3.8, 4) is 5.75 Å². The van der Waals surface area contributed by atoms with E-state index in [-0.39, 0.29) is 6.54 Å². The largest absolute Gasteiger partial charge is 0.497 e. The summed E-state index contributed by atoms with van der Waals surface area (Å²) in [5, 5.41) is 13.5. The zero-order valence-corrected chi connectivity index (χ0v) is 15.1. The zero-order chi connectivity index (χ0) is 20.2. The Morgan fingerprint density at radius 1 is 1.15 bits per heavy atom. The molecular formula is C16H18F3N5O3. The Kier molecular flexibility index (Phi) is 5.82. The van der Waals surface area contributed by atoms with Gasteiger partial charge in [-0.15, -0.1) is 15.3 Å². The Labute approximate surface area is 153 Å². The van der Waals surface area contributed by atoms with Gasteiger partial charge in [0.25, 0.3) is 0 Å². The fourth-order valence-corrected chi connectivity index (χ4v) is 1.93. The van der Waals surface area contributed by atoms with Crippen molar-refractivity contribution >= 4 is 11.9 Å². The van der Waals surface area contributed by atoms with Crippen LogP contribution >= 0.6 is 0 Å². The molecule has 0 fully saturated rings. The van der Waals surface area contributed by atoms with Gasteiger partial charge in [-0.05, 0) is 38.5 Å². The van der Waals surface area contributed by atoms with Gasteiger partial charge < -0.3 is 9.47 Å². The maximum Gasteiger partial charge on any atom is 0.453 e. The van der Waals surface area contributed by atoms with E-state index in [1.54, 1.807) is 45.0 Å². The third-order valence-corrected chi connectivity index (χ3v) is 3.01. The van der Waals surface area contributed by atoms with E-state index in [1.165, 1.54) is 7.11 Å². The average Bonchev–Trinajstić information content (AvgIpc) is 2.95. The predicted octanol–water partition coefficient (Wildman–Crippen LogP) is 4.37. The number of nitrogens with zero attached hydrogens (tertiary/aromatic N) is 5. The first-order valence-corrected chi connectivity index (χ1v) is 7.78. The lowest BCUT2D eigenvalue weighted by atomic mass is 10.2. The summed E-state index contributed by atoms with van der Waals surface area (Å²) >= 11 is 0. The molecule has 0 spiro atoms. The van der Waals surface area contributed by atoms with Gasteiger partial charge in [0.1, 0.15) is 11.4 Å².